The molecule has 1 N–H and O–H groups in total. The number of hydrogen-bond donors (Lipinski definition) is 1. The molecule has 204 valence electrons. The number of aryl methyl sites for hydroxylation is 1. The molecule has 5 rings (SSSR count). The van der Waals surface area contributed by atoms with Crippen LogP contribution >= 0.6 is 0 Å². The Hall–Kier alpha value is -4.55. The maximum Gasteiger partial charge on any atom is 0.490 e. The number of carboxylic acids is 1. The van der Waals surface area contributed by atoms with Crippen molar-refractivity contribution in [2.45, 2.75) is 24.9 Å². The average Bonchev–Trinajstić information content (AvgIpc) is 3.33. The molecule has 0 bridgehead atoms. The number of halogens is 3. The number of benzene rings is 1. The summed E-state index contributed by atoms with van der Waals surface area (Å²) >= 11 is 0. The Morgan fingerprint density at radius 3 is 2.31 bits per heavy atom. The van der Waals surface area contributed by atoms with Crippen molar-refractivity contribution in [1.29, 1.82) is 0 Å². The fourth-order valence-electron chi connectivity index (χ4n) is 4.28. The summed E-state index contributed by atoms with van der Waals surface area (Å²) in [5.74, 6) is -1.66. The molecule has 0 unspecified atom stereocenters. The molecule has 0 aliphatic carbocycles. The van der Waals surface area contributed by atoms with Gasteiger partial charge in [0.05, 0.1) is 42.6 Å². The van der Waals surface area contributed by atoms with Crippen molar-refractivity contribution < 1.29 is 32.6 Å². The Labute approximate surface area is 221 Å². The topological polar surface area (TPSA) is 123 Å². The van der Waals surface area contributed by atoms with Gasteiger partial charge in [-0.25, -0.2) is 9.78 Å². The van der Waals surface area contributed by atoms with Crippen LogP contribution in [0.15, 0.2) is 55.1 Å². The second-order valence-corrected chi connectivity index (χ2v) is 8.85. The van der Waals surface area contributed by atoms with Crippen molar-refractivity contribution in [2.24, 2.45) is 7.05 Å². The van der Waals surface area contributed by atoms with Gasteiger partial charge in [0.15, 0.2) is 0 Å². The summed E-state index contributed by atoms with van der Waals surface area (Å²) in [7, 11) is 3.66. The highest BCUT2D eigenvalue weighted by molar-refractivity contribution is 5.94. The molecule has 0 saturated carbocycles. The second-order valence-electron chi connectivity index (χ2n) is 8.85. The van der Waals surface area contributed by atoms with Crippen LogP contribution in [0.4, 0.5) is 13.2 Å². The number of nitrogens with zero attached hydrogens (tertiary/aromatic N) is 6. The largest absolute Gasteiger partial charge is 0.497 e. The Morgan fingerprint density at radius 1 is 1.08 bits per heavy atom. The lowest BCUT2D eigenvalue weighted by Gasteiger charge is -2.32. The third-order valence-electron chi connectivity index (χ3n) is 6.37. The van der Waals surface area contributed by atoms with E-state index in [0.717, 1.165) is 46.6 Å². The first-order valence-corrected chi connectivity index (χ1v) is 11.9. The summed E-state index contributed by atoms with van der Waals surface area (Å²) in [5, 5.41) is 14.7. The maximum absolute atomic E-state index is 12.7. The lowest BCUT2D eigenvalue weighted by Crippen LogP contribution is -2.38. The maximum atomic E-state index is 12.7. The van der Waals surface area contributed by atoms with Gasteiger partial charge in [-0.1, -0.05) is 0 Å². The first-order valence-electron chi connectivity index (χ1n) is 11.9. The number of rotatable bonds is 4. The highest BCUT2D eigenvalue weighted by atomic mass is 19.4. The SMILES string of the molecule is COc1ccc(-c2nc(C3CCN(C(=O)c4ccnnc4)CC3)cc3c2ncn3C)cc1.O=C(O)C(F)(F)F. The number of methoxy groups -OCH3 is 1. The van der Waals surface area contributed by atoms with Crippen LogP contribution < -0.4 is 4.74 Å². The van der Waals surface area contributed by atoms with Crippen molar-refractivity contribution in [3.8, 4) is 17.0 Å². The highest BCUT2D eigenvalue weighted by Gasteiger charge is 2.38. The summed E-state index contributed by atoms with van der Waals surface area (Å²) in [6.45, 7) is 1.38. The molecule has 1 amide bonds. The number of alkyl halides is 3. The lowest BCUT2D eigenvalue weighted by atomic mass is 9.92. The molecule has 0 atom stereocenters. The predicted molar refractivity (Wildman–Crippen MR) is 134 cm³/mol. The van der Waals surface area contributed by atoms with E-state index in [-0.39, 0.29) is 11.8 Å². The normalized spacial score (nSPS) is 14.0. The van der Waals surface area contributed by atoms with Gasteiger partial charge in [0.2, 0.25) is 0 Å². The van der Waals surface area contributed by atoms with Gasteiger partial charge in [-0.3, -0.25) is 9.78 Å². The summed E-state index contributed by atoms with van der Waals surface area (Å²) in [6.07, 6.45) is 1.54. The zero-order valence-electron chi connectivity index (χ0n) is 21.1. The molecular weight excluding hydrogens is 517 g/mol. The molecule has 39 heavy (non-hydrogen) atoms. The average molecular weight is 543 g/mol. The van der Waals surface area contributed by atoms with E-state index in [4.69, 9.17) is 19.6 Å². The third-order valence-corrected chi connectivity index (χ3v) is 6.37. The van der Waals surface area contributed by atoms with Gasteiger partial charge in [-0.15, -0.1) is 0 Å². The van der Waals surface area contributed by atoms with Crippen LogP contribution in [0.3, 0.4) is 0 Å². The zero-order valence-corrected chi connectivity index (χ0v) is 21.1. The summed E-state index contributed by atoms with van der Waals surface area (Å²) < 4.78 is 39.1. The number of hydrogen-bond acceptors (Lipinski definition) is 7. The van der Waals surface area contributed by atoms with E-state index in [2.05, 4.69) is 21.2 Å². The van der Waals surface area contributed by atoms with Crippen LogP contribution in [0.2, 0.25) is 0 Å². The van der Waals surface area contributed by atoms with E-state index in [1.54, 1.807) is 19.4 Å². The molecule has 3 aromatic heterocycles. The Morgan fingerprint density at radius 2 is 1.74 bits per heavy atom. The minimum Gasteiger partial charge on any atom is -0.497 e. The van der Waals surface area contributed by atoms with Crippen molar-refractivity contribution >= 4 is 22.9 Å². The number of carboxylic acid groups (broad SMARTS) is 1. The molecule has 1 aliphatic heterocycles. The van der Waals surface area contributed by atoms with E-state index >= 15 is 0 Å². The van der Waals surface area contributed by atoms with Gasteiger partial charge in [-0.2, -0.15) is 23.4 Å². The van der Waals surface area contributed by atoms with Crippen molar-refractivity contribution in [2.75, 3.05) is 20.2 Å². The van der Waals surface area contributed by atoms with Gasteiger partial charge in [0, 0.05) is 37.3 Å². The Bertz CT molecular complexity index is 1450. The molecule has 1 saturated heterocycles. The number of imidazole rings is 1. The molecule has 4 heterocycles. The van der Waals surface area contributed by atoms with Gasteiger partial charge < -0.3 is 19.3 Å². The summed E-state index contributed by atoms with van der Waals surface area (Å²) in [6, 6.07) is 11.8. The van der Waals surface area contributed by atoms with Crippen LogP contribution in [0, 0.1) is 0 Å². The number of aliphatic carboxylic acids is 1. The molecule has 10 nitrogen and oxygen atoms in total. The standard InChI is InChI=1S/C24H24N6O2.C2HF3O2/c1-29-15-25-23-21(29)13-20(28-22(23)17-3-5-19(32-2)6-4-17)16-8-11-30(12-9-16)24(31)18-7-10-26-27-14-18;3-2(4,5)1(6)7/h3-7,10,13-16H,8-9,11-12H2,1-2H3;(H,6,7). The van der Waals surface area contributed by atoms with Gasteiger partial charge >= 0.3 is 12.1 Å². The van der Waals surface area contributed by atoms with Crippen LogP contribution in [0.1, 0.15) is 34.8 Å². The van der Waals surface area contributed by atoms with E-state index in [1.807, 2.05) is 47.1 Å². The number of pyridine rings is 1. The molecule has 0 radical (unpaired) electrons. The van der Waals surface area contributed by atoms with Crippen LogP contribution in [0.5, 0.6) is 5.75 Å². The third kappa shape index (κ3) is 6.30. The number of aromatic nitrogens is 5. The monoisotopic (exact) mass is 542 g/mol. The number of carbonyl (C=O) groups excluding carboxylic acids is 1. The van der Waals surface area contributed by atoms with E-state index in [1.165, 1.54) is 6.20 Å². The molecule has 0 spiro atoms. The molecular formula is C26H25F3N6O4. The molecule has 13 heteroatoms. The number of likely N-dealkylation sites (tertiary alicyclic amines) is 1. The second kappa shape index (κ2) is 11.5. The fraction of sp³-hybridized carbons (Fsp3) is 0.308. The van der Waals surface area contributed by atoms with Gasteiger partial charge in [-0.05, 0) is 49.2 Å². The zero-order chi connectivity index (χ0) is 28.2. The van der Waals surface area contributed by atoms with Crippen LogP contribution in [-0.4, -0.2) is 73.0 Å². The van der Waals surface area contributed by atoms with Crippen LogP contribution in [-0.2, 0) is 11.8 Å². The van der Waals surface area contributed by atoms with E-state index in [9.17, 15) is 18.0 Å². The number of amides is 1. The molecule has 1 aliphatic rings. The van der Waals surface area contributed by atoms with Crippen LogP contribution in [0.25, 0.3) is 22.3 Å². The van der Waals surface area contributed by atoms with Crippen molar-refractivity contribution in [3.63, 3.8) is 0 Å². The van der Waals surface area contributed by atoms with E-state index in [0.29, 0.717) is 18.7 Å². The Balaban J connectivity index is 0.000000448. The van der Waals surface area contributed by atoms with Gasteiger partial charge in [0.25, 0.3) is 5.91 Å². The minimum atomic E-state index is -5.08. The predicted octanol–water partition coefficient (Wildman–Crippen LogP) is 4.09. The Kier molecular flexibility index (Phi) is 8.07. The highest BCUT2D eigenvalue weighted by Crippen LogP contribution is 2.33. The number of carbonyl (C=O) groups is 2. The molecule has 4 aromatic rings. The molecule has 1 fully saturated rings. The lowest BCUT2D eigenvalue weighted by molar-refractivity contribution is -0.192. The first kappa shape index (κ1) is 27.5. The smallest absolute Gasteiger partial charge is 0.490 e. The van der Waals surface area contributed by atoms with Crippen molar-refractivity contribution in [3.05, 3.63) is 66.4 Å². The van der Waals surface area contributed by atoms with Crippen molar-refractivity contribution in [1.82, 2.24) is 29.6 Å². The summed E-state index contributed by atoms with van der Waals surface area (Å²) in [5.41, 5.74) is 5.46. The number of piperidine rings is 1. The minimum absolute atomic E-state index is 0.00678. The quantitative estimate of drug-likeness (QED) is 0.409. The van der Waals surface area contributed by atoms with E-state index < -0.39 is 12.1 Å². The number of fused-ring (bicyclic) bond motifs is 1. The summed E-state index contributed by atoms with van der Waals surface area (Å²) in [4.78, 5) is 33.2. The van der Waals surface area contributed by atoms with Gasteiger partial charge in [0.1, 0.15) is 11.3 Å². The fourth-order valence-corrected chi connectivity index (χ4v) is 4.28. The molecule has 1 aromatic carbocycles. The first-order chi connectivity index (χ1) is 18.6. The number of ether oxygens (including phenoxy) is 1.